The van der Waals surface area contributed by atoms with Gasteiger partial charge >= 0.3 is 0 Å². The highest BCUT2D eigenvalue weighted by Crippen LogP contribution is 2.38. The molecular weight excluding hydrogens is 396 g/mol. The quantitative estimate of drug-likeness (QED) is 0.595. The summed E-state index contributed by atoms with van der Waals surface area (Å²) in [6.45, 7) is 4.11. The second-order valence-electron chi connectivity index (χ2n) is 7.70. The number of carbonyl (C=O) groups is 1. The summed E-state index contributed by atoms with van der Waals surface area (Å²) in [5.74, 6) is 1.74. The normalized spacial score (nSPS) is 18.3. The topological polar surface area (TPSA) is 70.5 Å². The lowest BCUT2D eigenvalue weighted by molar-refractivity contribution is -0.925. The van der Waals surface area contributed by atoms with Crippen molar-refractivity contribution >= 4 is 5.91 Å². The molecule has 168 valence electrons. The molecule has 7 heteroatoms. The Morgan fingerprint density at radius 1 is 1.06 bits per heavy atom. The Labute approximate surface area is 184 Å². The molecule has 1 amide bonds. The fourth-order valence-corrected chi connectivity index (χ4v) is 3.88. The first kappa shape index (κ1) is 22.9. The third-order valence-electron chi connectivity index (χ3n) is 5.51. The largest absolute Gasteiger partial charge is 0.493 e. The van der Waals surface area contributed by atoms with E-state index >= 15 is 0 Å². The summed E-state index contributed by atoms with van der Waals surface area (Å²) in [5.41, 5.74) is 2.28. The van der Waals surface area contributed by atoms with E-state index < -0.39 is 0 Å². The summed E-state index contributed by atoms with van der Waals surface area (Å²) < 4.78 is 22.0. The maximum absolute atomic E-state index is 12.4. The van der Waals surface area contributed by atoms with E-state index in [0.29, 0.717) is 43.2 Å². The van der Waals surface area contributed by atoms with Crippen LogP contribution in [0.2, 0.25) is 0 Å². The fraction of sp³-hybridized carbons (Fsp3) is 0.458. The number of methoxy groups -OCH3 is 3. The molecule has 3 rings (SSSR count). The molecule has 2 N–H and O–H groups in total. The summed E-state index contributed by atoms with van der Waals surface area (Å²) in [7, 11) is 4.74. The lowest BCUT2D eigenvalue weighted by Gasteiger charge is -2.30. The van der Waals surface area contributed by atoms with Crippen LogP contribution < -0.4 is 24.4 Å². The third-order valence-corrected chi connectivity index (χ3v) is 5.51. The van der Waals surface area contributed by atoms with Crippen LogP contribution in [-0.4, -0.2) is 59.6 Å². The molecule has 1 aliphatic rings. The van der Waals surface area contributed by atoms with Crippen molar-refractivity contribution in [2.24, 2.45) is 0 Å². The highest BCUT2D eigenvalue weighted by Gasteiger charge is 2.24. The van der Waals surface area contributed by atoms with E-state index in [1.165, 1.54) is 10.5 Å². The van der Waals surface area contributed by atoms with E-state index in [1.54, 1.807) is 21.3 Å². The lowest BCUT2D eigenvalue weighted by Crippen LogP contribution is -3.13. The average molecular weight is 430 g/mol. The van der Waals surface area contributed by atoms with Gasteiger partial charge in [0.15, 0.2) is 11.5 Å². The van der Waals surface area contributed by atoms with E-state index in [2.05, 4.69) is 29.6 Å². The van der Waals surface area contributed by atoms with Crippen LogP contribution in [0.1, 0.15) is 17.5 Å². The third kappa shape index (κ3) is 6.60. The number of rotatable bonds is 10. The summed E-state index contributed by atoms with van der Waals surface area (Å²) in [5, 5.41) is 3.02. The van der Waals surface area contributed by atoms with Crippen molar-refractivity contribution < 1.29 is 28.6 Å². The van der Waals surface area contributed by atoms with E-state index in [0.717, 1.165) is 25.2 Å². The minimum Gasteiger partial charge on any atom is -0.493 e. The number of hydrogen-bond donors (Lipinski definition) is 2. The van der Waals surface area contributed by atoms with Gasteiger partial charge in [0.05, 0.1) is 27.9 Å². The Balaban J connectivity index is 1.46. The van der Waals surface area contributed by atoms with E-state index in [9.17, 15) is 4.79 Å². The predicted octanol–water partition coefficient (Wildman–Crippen LogP) is 1.25. The highest BCUT2D eigenvalue weighted by atomic mass is 16.5. The fourth-order valence-electron chi connectivity index (χ4n) is 3.88. The van der Waals surface area contributed by atoms with Crippen LogP contribution in [-0.2, 0) is 22.5 Å². The molecule has 7 nitrogen and oxygen atoms in total. The smallest absolute Gasteiger partial charge is 0.220 e. The van der Waals surface area contributed by atoms with Crippen molar-refractivity contribution in [1.29, 1.82) is 0 Å². The van der Waals surface area contributed by atoms with Gasteiger partial charge in [-0.1, -0.05) is 30.3 Å². The lowest BCUT2D eigenvalue weighted by atomic mass is 10.1. The zero-order valence-corrected chi connectivity index (χ0v) is 18.6. The van der Waals surface area contributed by atoms with Crippen LogP contribution in [0.4, 0.5) is 0 Å². The number of aryl methyl sites for hydroxylation is 1. The first-order valence-electron chi connectivity index (χ1n) is 10.7. The summed E-state index contributed by atoms with van der Waals surface area (Å²) in [6.07, 6.45) is 1.00. The molecule has 0 bridgehead atoms. The number of hydrogen-bond acceptors (Lipinski definition) is 5. The molecule has 0 aliphatic carbocycles. The van der Waals surface area contributed by atoms with Crippen LogP contribution in [0.5, 0.6) is 17.2 Å². The molecule has 1 fully saturated rings. The molecule has 2 atom stereocenters. The van der Waals surface area contributed by atoms with Crippen molar-refractivity contribution in [1.82, 2.24) is 5.32 Å². The van der Waals surface area contributed by atoms with E-state index in [-0.39, 0.29) is 12.0 Å². The van der Waals surface area contributed by atoms with Crippen molar-refractivity contribution in [3.8, 4) is 17.2 Å². The molecule has 1 heterocycles. The summed E-state index contributed by atoms with van der Waals surface area (Å²) in [4.78, 5) is 13.9. The number of amides is 1. The van der Waals surface area contributed by atoms with E-state index in [4.69, 9.17) is 18.9 Å². The number of quaternary nitrogens is 1. The summed E-state index contributed by atoms with van der Waals surface area (Å²) >= 11 is 0. The second kappa shape index (κ2) is 11.6. The van der Waals surface area contributed by atoms with Gasteiger partial charge in [-0.05, 0) is 24.1 Å². The number of ether oxygens (including phenoxy) is 4. The van der Waals surface area contributed by atoms with E-state index in [1.807, 2.05) is 18.2 Å². The Kier molecular flexibility index (Phi) is 8.55. The summed E-state index contributed by atoms with van der Waals surface area (Å²) in [6, 6.07) is 14.2. The monoisotopic (exact) mass is 429 g/mol. The molecule has 2 aromatic carbocycles. The second-order valence-corrected chi connectivity index (χ2v) is 7.70. The van der Waals surface area contributed by atoms with Gasteiger partial charge in [-0.15, -0.1) is 0 Å². The number of benzene rings is 2. The van der Waals surface area contributed by atoms with Gasteiger partial charge in [0.25, 0.3) is 0 Å². The Hall–Kier alpha value is -2.77. The van der Waals surface area contributed by atoms with Gasteiger partial charge in [0.2, 0.25) is 11.7 Å². The molecule has 31 heavy (non-hydrogen) atoms. The SMILES string of the molecule is COc1cc(CCC(=O)NC[C@H]2C[NH+](Cc3ccccc3)CCO2)cc(OC)c1OC. The van der Waals surface area contributed by atoms with Crippen LogP contribution in [0.3, 0.4) is 0 Å². The van der Waals surface area contributed by atoms with Crippen LogP contribution >= 0.6 is 0 Å². The first-order chi connectivity index (χ1) is 15.1. The molecule has 0 radical (unpaired) electrons. The molecule has 2 aromatic rings. The number of nitrogens with one attached hydrogen (secondary N) is 2. The Bertz CT molecular complexity index is 818. The molecule has 1 unspecified atom stereocenters. The minimum atomic E-state index is 0.00698. The van der Waals surface area contributed by atoms with Crippen molar-refractivity contribution in [2.45, 2.75) is 25.5 Å². The zero-order chi connectivity index (χ0) is 22.1. The van der Waals surface area contributed by atoms with Gasteiger partial charge < -0.3 is 29.2 Å². The first-order valence-corrected chi connectivity index (χ1v) is 10.7. The molecule has 0 spiro atoms. The highest BCUT2D eigenvalue weighted by molar-refractivity contribution is 5.76. The van der Waals surface area contributed by atoms with Gasteiger partial charge in [-0.2, -0.15) is 0 Å². The van der Waals surface area contributed by atoms with Gasteiger partial charge in [-0.3, -0.25) is 4.79 Å². The maximum Gasteiger partial charge on any atom is 0.220 e. The molecule has 1 saturated heterocycles. The molecule has 1 aliphatic heterocycles. The van der Waals surface area contributed by atoms with Gasteiger partial charge in [-0.25, -0.2) is 0 Å². The van der Waals surface area contributed by atoms with Crippen molar-refractivity contribution in [2.75, 3.05) is 47.6 Å². The van der Waals surface area contributed by atoms with Crippen LogP contribution in [0.15, 0.2) is 42.5 Å². The molecule has 0 aromatic heterocycles. The number of carbonyl (C=O) groups excluding carboxylic acids is 1. The molecule has 0 saturated carbocycles. The van der Waals surface area contributed by atoms with Crippen molar-refractivity contribution in [3.05, 3.63) is 53.6 Å². The average Bonchev–Trinajstić information content (AvgIpc) is 2.81. The maximum atomic E-state index is 12.4. The predicted molar refractivity (Wildman–Crippen MR) is 118 cm³/mol. The van der Waals surface area contributed by atoms with Crippen LogP contribution in [0.25, 0.3) is 0 Å². The van der Waals surface area contributed by atoms with Crippen molar-refractivity contribution in [3.63, 3.8) is 0 Å². The van der Waals surface area contributed by atoms with Gasteiger partial charge in [0.1, 0.15) is 25.7 Å². The van der Waals surface area contributed by atoms with Gasteiger partial charge in [0, 0.05) is 18.5 Å². The standard InChI is InChI=1S/C24H32N2O5/c1-28-21-13-19(14-22(29-2)24(21)30-3)9-10-23(27)25-15-20-17-26(11-12-31-20)16-18-7-5-4-6-8-18/h4-8,13-14,20H,9-12,15-17H2,1-3H3,(H,25,27)/p+1/t20-/m0/s1. The Morgan fingerprint density at radius 2 is 1.77 bits per heavy atom. The Morgan fingerprint density at radius 3 is 2.42 bits per heavy atom. The number of morpholine rings is 1. The molecular formula is C24H33N2O5+. The minimum absolute atomic E-state index is 0.00698. The zero-order valence-electron chi connectivity index (χ0n) is 18.6. The van der Waals surface area contributed by atoms with Crippen LogP contribution in [0, 0.1) is 0 Å².